The molecule has 1 spiro atoms. The summed E-state index contributed by atoms with van der Waals surface area (Å²) in [5.41, 5.74) is 3.78. The molecule has 184 valence electrons. The fourth-order valence-electron chi connectivity index (χ4n) is 9.63. The number of ketones is 2. The zero-order valence-corrected chi connectivity index (χ0v) is 21.7. The topological polar surface area (TPSA) is 60.2 Å². The SMILES string of the molecule is CC12CCC(=O)C=C1CCC1C2C2(CC2)CC2(C)C(C(=O)CSc3nc4ccccc4o3)CCC12. The minimum Gasteiger partial charge on any atom is -0.431 e. The second-order valence-electron chi connectivity index (χ2n) is 12.7. The first-order valence-electron chi connectivity index (χ1n) is 13.6. The maximum atomic E-state index is 13.7. The lowest BCUT2D eigenvalue weighted by Gasteiger charge is -2.61. The molecular weight excluding hydrogens is 454 g/mol. The molecule has 0 amide bonds. The Kier molecular flexibility index (Phi) is 4.83. The number of allylic oxidation sites excluding steroid dienone is 1. The number of nitrogens with zero attached hydrogens (tertiary/aromatic N) is 1. The molecule has 6 atom stereocenters. The number of rotatable bonds is 4. The van der Waals surface area contributed by atoms with Crippen molar-refractivity contribution in [2.75, 3.05) is 5.75 Å². The average Bonchev–Trinajstić information content (AvgIpc) is 3.30. The lowest BCUT2D eigenvalue weighted by molar-refractivity contribution is -0.135. The number of fused-ring (bicyclic) bond motifs is 7. The monoisotopic (exact) mass is 489 g/mol. The average molecular weight is 490 g/mol. The van der Waals surface area contributed by atoms with Crippen LogP contribution in [0.1, 0.15) is 71.6 Å². The summed E-state index contributed by atoms with van der Waals surface area (Å²) in [7, 11) is 0. The number of oxazole rings is 1. The van der Waals surface area contributed by atoms with Crippen molar-refractivity contribution in [2.45, 2.75) is 76.9 Å². The van der Waals surface area contributed by atoms with E-state index in [4.69, 9.17) is 4.42 Å². The van der Waals surface area contributed by atoms with E-state index in [9.17, 15) is 9.59 Å². The minimum absolute atomic E-state index is 0.110. The third-order valence-corrected chi connectivity index (χ3v) is 11.9. The Balaban J connectivity index is 1.14. The van der Waals surface area contributed by atoms with Crippen molar-refractivity contribution in [1.29, 1.82) is 0 Å². The molecule has 0 bridgehead atoms. The van der Waals surface area contributed by atoms with Crippen LogP contribution >= 0.6 is 11.8 Å². The summed E-state index contributed by atoms with van der Waals surface area (Å²) in [6, 6.07) is 7.79. The normalized spacial score (nSPS) is 39.1. The van der Waals surface area contributed by atoms with Gasteiger partial charge in [-0.25, -0.2) is 4.98 Å². The number of Topliss-reactive ketones (excluding diaryl/α,β-unsaturated/α-hetero) is 1. The van der Waals surface area contributed by atoms with Gasteiger partial charge in [0.15, 0.2) is 11.4 Å². The largest absolute Gasteiger partial charge is 0.431 e. The van der Waals surface area contributed by atoms with Crippen LogP contribution in [0.5, 0.6) is 0 Å². The Hall–Kier alpha value is -1.88. The molecule has 0 radical (unpaired) electrons. The van der Waals surface area contributed by atoms with Gasteiger partial charge in [-0.2, -0.15) is 0 Å². The molecule has 1 aromatic carbocycles. The fourth-order valence-corrected chi connectivity index (χ4v) is 10.4. The lowest BCUT2D eigenvalue weighted by Crippen LogP contribution is -2.56. The Labute approximate surface area is 211 Å². The number of benzene rings is 1. The van der Waals surface area contributed by atoms with E-state index in [2.05, 4.69) is 18.8 Å². The van der Waals surface area contributed by atoms with Gasteiger partial charge in [0.2, 0.25) is 0 Å². The molecule has 1 aromatic heterocycles. The summed E-state index contributed by atoms with van der Waals surface area (Å²) in [4.78, 5) is 30.5. The highest BCUT2D eigenvalue weighted by Gasteiger charge is 2.70. The first-order chi connectivity index (χ1) is 16.8. The summed E-state index contributed by atoms with van der Waals surface area (Å²) in [6.45, 7) is 4.95. The molecule has 6 unspecified atom stereocenters. The Morgan fingerprint density at radius 3 is 2.74 bits per heavy atom. The predicted octanol–water partition coefficient (Wildman–Crippen LogP) is 7.03. The molecule has 0 N–H and O–H groups in total. The van der Waals surface area contributed by atoms with Crippen LogP contribution < -0.4 is 0 Å². The third-order valence-electron chi connectivity index (χ3n) is 11.0. The first kappa shape index (κ1) is 22.3. The number of aromatic nitrogens is 1. The molecule has 0 aliphatic heterocycles. The molecule has 2 aromatic rings. The van der Waals surface area contributed by atoms with Crippen molar-refractivity contribution in [1.82, 2.24) is 4.98 Å². The number of carbonyl (C=O) groups excluding carboxylic acids is 2. The molecule has 5 aliphatic rings. The summed E-state index contributed by atoms with van der Waals surface area (Å²) < 4.78 is 5.87. The van der Waals surface area contributed by atoms with Gasteiger partial charge in [0.05, 0.1) is 5.75 Å². The first-order valence-corrected chi connectivity index (χ1v) is 14.6. The van der Waals surface area contributed by atoms with Gasteiger partial charge in [-0.1, -0.05) is 43.3 Å². The number of para-hydroxylation sites is 2. The van der Waals surface area contributed by atoms with Gasteiger partial charge in [0.25, 0.3) is 5.22 Å². The number of hydrogen-bond acceptors (Lipinski definition) is 5. The summed E-state index contributed by atoms with van der Waals surface area (Å²) in [6.07, 6.45) is 12.1. The van der Waals surface area contributed by atoms with E-state index >= 15 is 0 Å². The Morgan fingerprint density at radius 2 is 1.94 bits per heavy atom. The van der Waals surface area contributed by atoms with E-state index < -0.39 is 0 Å². The smallest absolute Gasteiger partial charge is 0.257 e. The van der Waals surface area contributed by atoms with Crippen LogP contribution in [-0.2, 0) is 9.59 Å². The van der Waals surface area contributed by atoms with E-state index in [0.717, 1.165) is 36.8 Å². The quantitative estimate of drug-likeness (QED) is 0.432. The highest BCUT2D eigenvalue weighted by atomic mass is 32.2. The highest BCUT2D eigenvalue weighted by molar-refractivity contribution is 7.99. The fraction of sp³-hybridized carbons (Fsp3) is 0.633. The highest BCUT2D eigenvalue weighted by Crippen LogP contribution is 2.77. The second kappa shape index (κ2) is 7.57. The molecule has 5 heteroatoms. The van der Waals surface area contributed by atoms with Gasteiger partial charge in [-0.3, -0.25) is 9.59 Å². The van der Waals surface area contributed by atoms with Crippen molar-refractivity contribution in [3.8, 4) is 0 Å². The molecule has 0 saturated heterocycles. The van der Waals surface area contributed by atoms with E-state index in [1.807, 2.05) is 30.3 Å². The van der Waals surface area contributed by atoms with Crippen LogP contribution in [0.2, 0.25) is 0 Å². The van der Waals surface area contributed by atoms with Crippen LogP contribution in [0, 0.1) is 39.9 Å². The van der Waals surface area contributed by atoms with Gasteiger partial charge in [-0.05, 0) is 104 Å². The number of hydrogen-bond donors (Lipinski definition) is 0. The predicted molar refractivity (Wildman–Crippen MR) is 137 cm³/mol. The van der Waals surface area contributed by atoms with Gasteiger partial charge in [0, 0.05) is 12.3 Å². The van der Waals surface area contributed by atoms with Crippen LogP contribution in [0.4, 0.5) is 0 Å². The molecule has 1 heterocycles. The molecule has 5 aliphatic carbocycles. The van der Waals surface area contributed by atoms with Crippen LogP contribution in [0.3, 0.4) is 0 Å². The number of carbonyl (C=O) groups is 2. The Bertz CT molecular complexity index is 1220. The standard InChI is InChI=1S/C30H35NO3S/c1-28-12-11-19(32)15-18(28)7-8-20-21-9-10-22(29(21,2)17-30(13-14-30)26(20)28)24(33)16-35-27-31-23-5-3-4-6-25(23)34-27/h3-6,15,20-22,26H,7-14,16-17H2,1-2H3. The molecule has 35 heavy (non-hydrogen) atoms. The molecular formula is C30H35NO3S. The Morgan fingerprint density at radius 1 is 1.11 bits per heavy atom. The zero-order chi connectivity index (χ0) is 24.0. The van der Waals surface area contributed by atoms with E-state index in [1.165, 1.54) is 49.4 Å². The summed E-state index contributed by atoms with van der Waals surface area (Å²) in [5.74, 6) is 3.37. The zero-order valence-electron chi connectivity index (χ0n) is 20.8. The molecule has 4 saturated carbocycles. The molecule has 4 fully saturated rings. The van der Waals surface area contributed by atoms with Crippen molar-refractivity contribution in [3.05, 3.63) is 35.9 Å². The van der Waals surface area contributed by atoms with E-state index in [-0.39, 0.29) is 16.7 Å². The van der Waals surface area contributed by atoms with E-state index in [1.54, 1.807) is 0 Å². The number of thioether (sulfide) groups is 1. The van der Waals surface area contributed by atoms with Crippen molar-refractivity contribution >= 4 is 34.4 Å². The van der Waals surface area contributed by atoms with Gasteiger partial charge in [-0.15, -0.1) is 0 Å². The van der Waals surface area contributed by atoms with Crippen molar-refractivity contribution < 1.29 is 14.0 Å². The summed E-state index contributed by atoms with van der Waals surface area (Å²) >= 11 is 1.47. The minimum atomic E-state index is 0.110. The molecule has 7 rings (SSSR count). The van der Waals surface area contributed by atoms with Crippen molar-refractivity contribution in [2.24, 2.45) is 39.9 Å². The van der Waals surface area contributed by atoms with Crippen molar-refractivity contribution in [3.63, 3.8) is 0 Å². The maximum absolute atomic E-state index is 13.7. The van der Waals surface area contributed by atoms with Crippen LogP contribution in [0.25, 0.3) is 11.1 Å². The second-order valence-corrected chi connectivity index (χ2v) is 13.6. The molecule has 4 nitrogen and oxygen atoms in total. The van der Waals surface area contributed by atoms with Gasteiger partial charge < -0.3 is 4.42 Å². The van der Waals surface area contributed by atoms with E-state index in [0.29, 0.717) is 45.7 Å². The summed E-state index contributed by atoms with van der Waals surface area (Å²) in [5, 5.41) is 0.605. The van der Waals surface area contributed by atoms with Crippen LogP contribution in [-0.4, -0.2) is 22.3 Å². The van der Waals surface area contributed by atoms with Gasteiger partial charge in [0.1, 0.15) is 11.3 Å². The maximum Gasteiger partial charge on any atom is 0.257 e. The lowest BCUT2D eigenvalue weighted by atomic mass is 9.42. The third kappa shape index (κ3) is 3.22. The van der Waals surface area contributed by atoms with Crippen LogP contribution in [0.15, 0.2) is 45.6 Å². The van der Waals surface area contributed by atoms with Gasteiger partial charge >= 0.3 is 0 Å².